The summed E-state index contributed by atoms with van der Waals surface area (Å²) >= 11 is 0. The van der Waals surface area contributed by atoms with Crippen molar-refractivity contribution in [3.63, 3.8) is 0 Å². The summed E-state index contributed by atoms with van der Waals surface area (Å²) in [5.41, 5.74) is 3.45. The molecular weight excluding hydrogens is 765 g/mol. The number of alkyl halides is 4. The Hall–Kier alpha value is -4.00. The van der Waals surface area contributed by atoms with Crippen LogP contribution >= 0.6 is 0 Å². The van der Waals surface area contributed by atoms with Gasteiger partial charge in [0, 0.05) is 19.5 Å². The van der Waals surface area contributed by atoms with E-state index in [1.165, 1.54) is 56.9 Å². The van der Waals surface area contributed by atoms with Gasteiger partial charge in [0.2, 0.25) is 5.91 Å². The Kier molecular flexibility index (Phi) is 18.4. The summed E-state index contributed by atoms with van der Waals surface area (Å²) in [7, 11) is 0. The zero-order chi connectivity index (χ0) is 45.9. The molecule has 332 valence electrons. The van der Waals surface area contributed by atoms with Crippen LogP contribution in [0.4, 0.5) is 17.6 Å². The number of carbonyl (C=O) groups is 2. The van der Waals surface area contributed by atoms with E-state index in [1.807, 2.05) is 32.9 Å². The lowest BCUT2D eigenvalue weighted by molar-refractivity contribution is -0.177. The van der Waals surface area contributed by atoms with Crippen LogP contribution < -0.4 is 5.32 Å². The Morgan fingerprint density at radius 2 is 1.38 bits per heavy atom. The predicted molar refractivity (Wildman–Crippen MR) is 238 cm³/mol. The van der Waals surface area contributed by atoms with E-state index in [4.69, 9.17) is 0 Å². The van der Waals surface area contributed by atoms with Gasteiger partial charge in [-0.05, 0) is 139 Å². The van der Waals surface area contributed by atoms with Crippen LogP contribution in [0.15, 0.2) is 43.0 Å². The summed E-state index contributed by atoms with van der Waals surface area (Å²) in [6.07, 6.45) is 40.2. The van der Waals surface area contributed by atoms with Gasteiger partial charge in [-0.1, -0.05) is 72.2 Å². The van der Waals surface area contributed by atoms with Crippen molar-refractivity contribution in [2.45, 2.75) is 131 Å². The van der Waals surface area contributed by atoms with E-state index in [9.17, 15) is 32.3 Å². The molecule has 0 radical (unpaired) electrons. The highest BCUT2D eigenvalue weighted by molar-refractivity contribution is 5.88. The second-order valence-corrected chi connectivity index (χ2v) is 18.3. The van der Waals surface area contributed by atoms with Gasteiger partial charge in [0.05, 0.1) is 18.7 Å². The van der Waals surface area contributed by atoms with Gasteiger partial charge in [-0.15, -0.1) is 45.1 Å². The molecule has 2 N–H and O–H groups in total. The molecule has 5 fully saturated rings. The molecule has 60 heavy (non-hydrogen) atoms. The molecule has 1 saturated heterocycles. The van der Waals surface area contributed by atoms with Gasteiger partial charge in [-0.25, -0.2) is 4.79 Å². The number of allylic oxidation sites excluding steroid dienone is 3. The monoisotopic (exact) mass is 837 g/mol. The number of halogens is 4. The van der Waals surface area contributed by atoms with E-state index < -0.39 is 36.8 Å². The maximum Gasteiger partial charge on any atom is 0.335 e. The van der Waals surface area contributed by atoms with Gasteiger partial charge in [-0.3, -0.25) is 4.79 Å². The molecule has 1 amide bonds. The van der Waals surface area contributed by atoms with E-state index >= 15 is 0 Å². The van der Waals surface area contributed by atoms with Crippen molar-refractivity contribution in [2.75, 3.05) is 26.2 Å². The minimum absolute atomic E-state index is 0.0212. The van der Waals surface area contributed by atoms with Gasteiger partial charge in [0.1, 0.15) is 0 Å². The van der Waals surface area contributed by atoms with Crippen molar-refractivity contribution < 1.29 is 32.3 Å². The highest BCUT2D eigenvalue weighted by Crippen LogP contribution is 2.73. The van der Waals surface area contributed by atoms with Crippen molar-refractivity contribution in [1.82, 2.24) is 10.2 Å². The number of rotatable bonds is 7. The zero-order valence-corrected chi connectivity index (χ0v) is 37.4. The van der Waals surface area contributed by atoms with Crippen LogP contribution in [-0.2, 0) is 4.79 Å². The number of terminal acetylenes is 3. The average molecular weight is 837 g/mol. The Labute approximate surface area is 360 Å². The Bertz CT molecular complexity index is 1660. The number of likely N-dealkylation sites (tertiary alicyclic amines) is 1. The summed E-state index contributed by atoms with van der Waals surface area (Å²) in [4.78, 5) is 24.6. The van der Waals surface area contributed by atoms with Gasteiger partial charge in [0.15, 0.2) is 0 Å². The number of hydrogen-bond donors (Lipinski definition) is 2. The third-order valence-corrected chi connectivity index (χ3v) is 15.4. The van der Waals surface area contributed by atoms with Crippen LogP contribution in [0, 0.1) is 89.8 Å². The fraction of sp³-hybridized carbons (Fsp3) is 0.647. The maximum absolute atomic E-state index is 13.6. The lowest BCUT2D eigenvalue weighted by Crippen LogP contribution is -2.61. The van der Waals surface area contributed by atoms with E-state index in [0.29, 0.717) is 46.6 Å². The molecule has 6 aliphatic rings. The number of carbonyl (C=O) groups excluding carboxylic acids is 1. The molecule has 7 rings (SSSR count). The number of fused-ring (bicyclic) bond motifs is 7. The Morgan fingerprint density at radius 1 is 0.817 bits per heavy atom. The maximum atomic E-state index is 13.6. The molecule has 1 aromatic carbocycles. The summed E-state index contributed by atoms with van der Waals surface area (Å²) < 4.78 is 54.6. The van der Waals surface area contributed by atoms with Crippen molar-refractivity contribution in [3.05, 3.63) is 54.1 Å². The second-order valence-electron chi connectivity index (χ2n) is 18.3. The molecule has 0 bridgehead atoms. The fourth-order valence-electron chi connectivity index (χ4n) is 13.2. The number of carboxylic acid groups (broad SMARTS) is 1. The normalized spacial score (nSPS) is 33.1. The third-order valence-electron chi connectivity index (χ3n) is 15.4. The summed E-state index contributed by atoms with van der Waals surface area (Å²) in [6.45, 7) is 18.0. The quantitative estimate of drug-likeness (QED) is 0.124. The molecular formula is C51H72F4N2O3. The standard InChI is InChI=1S/C40H54F4N2O3.C3H6.C2H6.3C2H2/c1-35(2)28(25-7-9-26(10-8-25)34(48)49)13-18-37(4)31(35)15-19-36(3)29-14-20-38(17-5-6-30(38)27(29)11-12-32(36)37)22-45-21-16-33(47)46-23-39(41,42)40(43,44)24-46;1-3-2;4*1-2/h7-10,13,27,29-32,45H,5-6,11-12,14-24H2,1-4H3,(H,48,49);3H,1H2,2H3;1-2H3;3*1-2H/t27-,29?,30?,31?,32?,36-,37-,38+;;;;;/m0...../s1. The van der Waals surface area contributed by atoms with Crippen LogP contribution in [0.3, 0.4) is 0 Å². The SMILES string of the molecule is C#C.C#C.C#C.C=CC.CC.CC1(C)C(c2ccc(C(=O)O)cc2)=CC[C@@]2(C)C1CC[C@@]1(C)C3CC[C@@]4(CNCCC(=O)N5CC(F)(F)C(F)(F)C5)CCCC4[C@H]3CCC12. The first-order chi connectivity index (χ1) is 28.4. The van der Waals surface area contributed by atoms with Crippen molar-refractivity contribution in [1.29, 1.82) is 0 Å². The number of benzene rings is 1. The average Bonchev–Trinajstić information content (AvgIpc) is 3.76. The molecule has 1 aromatic rings. The number of nitrogens with zero attached hydrogens (tertiary/aromatic N) is 1. The molecule has 0 spiro atoms. The molecule has 4 unspecified atom stereocenters. The molecule has 0 aromatic heterocycles. The fourth-order valence-corrected chi connectivity index (χ4v) is 13.2. The number of carboxylic acids is 1. The van der Waals surface area contributed by atoms with Gasteiger partial charge < -0.3 is 15.3 Å². The number of aromatic carboxylic acids is 1. The van der Waals surface area contributed by atoms with Crippen LogP contribution in [0.2, 0.25) is 0 Å². The van der Waals surface area contributed by atoms with Gasteiger partial charge in [0.25, 0.3) is 0 Å². The lowest BCUT2D eigenvalue weighted by Gasteiger charge is -2.68. The summed E-state index contributed by atoms with van der Waals surface area (Å²) in [5.74, 6) is -6.65. The van der Waals surface area contributed by atoms with Crippen LogP contribution in [-0.4, -0.2) is 59.9 Å². The minimum Gasteiger partial charge on any atom is -0.478 e. The van der Waals surface area contributed by atoms with E-state index in [-0.39, 0.29) is 28.1 Å². The Balaban J connectivity index is 0.00000104. The van der Waals surface area contributed by atoms with E-state index in [2.05, 4.69) is 84.2 Å². The smallest absolute Gasteiger partial charge is 0.335 e. The highest BCUT2D eigenvalue weighted by atomic mass is 19.3. The Morgan fingerprint density at radius 3 is 1.93 bits per heavy atom. The van der Waals surface area contributed by atoms with Crippen LogP contribution in [0.25, 0.3) is 5.57 Å². The zero-order valence-electron chi connectivity index (χ0n) is 37.4. The molecule has 1 aliphatic heterocycles. The third kappa shape index (κ3) is 9.71. The van der Waals surface area contributed by atoms with E-state index in [0.717, 1.165) is 24.9 Å². The molecule has 5 aliphatic carbocycles. The van der Waals surface area contributed by atoms with Crippen molar-refractivity contribution >= 4 is 17.4 Å². The van der Waals surface area contributed by atoms with E-state index in [1.54, 1.807) is 18.2 Å². The largest absolute Gasteiger partial charge is 0.478 e. The highest BCUT2D eigenvalue weighted by Gasteiger charge is 2.66. The molecule has 4 saturated carbocycles. The number of amides is 1. The minimum atomic E-state index is -4.17. The van der Waals surface area contributed by atoms with Gasteiger partial charge >= 0.3 is 17.8 Å². The molecule has 1 heterocycles. The topological polar surface area (TPSA) is 69.6 Å². The molecule has 8 atom stereocenters. The first-order valence-corrected chi connectivity index (χ1v) is 21.7. The summed E-state index contributed by atoms with van der Waals surface area (Å²) in [5, 5.41) is 12.9. The predicted octanol–water partition coefficient (Wildman–Crippen LogP) is 11.9. The number of hydrogen-bond acceptors (Lipinski definition) is 3. The van der Waals surface area contributed by atoms with Crippen molar-refractivity contribution in [3.8, 4) is 38.5 Å². The first-order valence-electron chi connectivity index (χ1n) is 21.7. The summed E-state index contributed by atoms with van der Waals surface area (Å²) in [6, 6.07) is 7.42. The lowest BCUT2D eigenvalue weighted by atomic mass is 9.36. The van der Waals surface area contributed by atoms with Gasteiger partial charge in [-0.2, -0.15) is 17.6 Å². The molecule has 9 heteroatoms. The van der Waals surface area contributed by atoms with Crippen LogP contribution in [0.5, 0.6) is 0 Å². The number of nitrogens with one attached hydrogen (secondary N) is 1. The molecule has 5 nitrogen and oxygen atoms in total. The van der Waals surface area contributed by atoms with Crippen molar-refractivity contribution in [2.24, 2.45) is 51.2 Å². The second kappa shape index (κ2) is 21.2. The first kappa shape index (κ1) is 52.1. The van der Waals surface area contributed by atoms with Crippen LogP contribution in [0.1, 0.15) is 135 Å².